The molecule has 9 heavy (non-hydrogen) atoms. The van der Waals surface area contributed by atoms with E-state index in [0.29, 0.717) is 5.66 Å². The summed E-state index contributed by atoms with van der Waals surface area (Å²) in [5, 5.41) is 0. The molecule has 0 bridgehead atoms. The average molecular weight is 148 g/mol. The Morgan fingerprint density at radius 1 is 1.44 bits per heavy atom. The average Bonchev–Trinajstić information content (AvgIpc) is 1.90. The normalized spacial score (nSPS) is 26.0. The second kappa shape index (κ2) is 3.50. The van der Waals surface area contributed by atoms with Gasteiger partial charge in [0.1, 0.15) is 0 Å². The first-order valence-corrected chi connectivity index (χ1v) is 3.96. The minimum Gasteiger partial charge on any atom is -0.352 e. The zero-order valence-corrected chi connectivity index (χ0v) is 6.82. The number of ether oxygens (including phenoxy) is 2. The summed E-state index contributed by atoms with van der Waals surface area (Å²) in [6.07, 6.45) is 1.05. The Labute approximate surface area is 58.1 Å². The standard InChI is InChI=1S/C6H13O2P/c1-5(9)6-7-3-2-4-8-6/h5-6H,2-4,9H2,1H3. The molecule has 1 heterocycles. The van der Waals surface area contributed by atoms with Crippen molar-refractivity contribution < 1.29 is 9.47 Å². The van der Waals surface area contributed by atoms with Crippen LogP contribution in [0.4, 0.5) is 0 Å². The number of rotatable bonds is 1. The first kappa shape index (κ1) is 7.46. The van der Waals surface area contributed by atoms with Crippen molar-refractivity contribution in [2.75, 3.05) is 13.2 Å². The van der Waals surface area contributed by atoms with Gasteiger partial charge in [-0.3, -0.25) is 0 Å². The minimum absolute atomic E-state index is 0.0174. The van der Waals surface area contributed by atoms with Crippen molar-refractivity contribution >= 4 is 9.24 Å². The lowest BCUT2D eigenvalue weighted by Crippen LogP contribution is -2.30. The fourth-order valence-electron chi connectivity index (χ4n) is 0.810. The molecule has 3 heteroatoms. The van der Waals surface area contributed by atoms with Crippen LogP contribution in [-0.4, -0.2) is 25.2 Å². The van der Waals surface area contributed by atoms with E-state index in [2.05, 4.69) is 16.2 Å². The molecular weight excluding hydrogens is 135 g/mol. The van der Waals surface area contributed by atoms with Crippen molar-refractivity contribution in [3.05, 3.63) is 0 Å². The molecule has 0 aromatic rings. The highest BCUT2D eigenvalue weighted by Gasteiger charge is 2.17. The second-order valence-electron chi connectivity index (χ2n) is 2.32. The number of hydrogen-bond donors (Lipinski definition) is 0. The highest BCUT2D eigenvalue weighted by molar-refractivity contribution is 7.17. The molecule has 0 saturated carbocycles. The van der Waals surface area contributed by atoms with Crippen LogP contribution in [-0.2, 0) is 9.47 Å². The second-order valence-corrected chi connectivity index (χ2v) is 3.37. The molecule has 1 rings (SSSR count). The van der Waals surface area contributed by atoms with Gasteiger partial charge in [0.15, 0.2) is 6.29 Å². The van der Waals surface area contributed by atoms with E-state index in [4.69, 9.17) is 9.47 Å². The monoisotopic (exact) mass is 148 g/mol. The third-order valence-corrected chi connectivity index (χ3v) is 1.60. The SMILES string of the molecule is CC(P)C1OCCCO1. The Morgan fingerprint density at radius 2 is 2.00 bits per heavy atom. The van der Waals surface area contributed by atoms with Crippen LogP contribution in [0.3, 0.4) is 0 Å². The van der Waals surface area contributed by atoms with Crippen LogP contribution in [0.2, 0.25) is 0 Å². The molecule has 1 aliphatic rings. The fraction of sp³-hybridized carbons (Fsp3) is 1.00. The maximum Gasteiger partial charge on any atom is 0.163 e. The van der Waals surface area contributed by atoms with Crippen molar-refractivity contribution in [3.63, 3.8) is 0 Å². The molecule has 0 aromatic carbocycles. The summed E-state index contributed by atoms with van der Waals surface area (Å²) < 4.78 is 10.6. The topological polar surface area (TPSA) is 18.5 Å². The van der Waals surface area contributed by atoms with Crippen LogP contribution in [0.25, 0.3) is 0 Å². The molecule has 1 aliphatic heterocycles. The maximum atomic E-state index is 5.30. The van der Waals surface area contributed by atoms with Crippen molar-refractivity contribution in [3.8, 4) is 0 Å². The molecule has 0 spiro atoms. The Kier molecular flexibility index (Phi) is 2.90. The summed E-state index contributed by atoms with van der Waals surface area (Å²) >= 11 is 0. The van der Waals surface area contributed by atoms with Crippen molar-refractivity contribution in [1.29, 1.82) is 0 Å². The van der Waals surface area contributed by atoms with E-state index in [0.717, 1.165) is 19.6 Å². The van der Waals surface area contributed by atoms with Gasteiger partial charge in [-0.25, -0.2) is 0 Å². The zero-order chi connectivity index (χ0) is 6.69. The Bertz CT molecular complexity index is 79.1. The van der Waals surface area contributed by atoms with Crippen molar-refractivity contribution in [2.45, 2.75) is 25.3 Å². The lowest BCUT2D eigenvalue weighted by molar-refractivity contribution is -0.175. The van der Waals surface area contributed by atoms with Gasteiger partial charge in [0.05, 0.1) is 13.2 Å². The van der Waals surface area contributed by atoms with E-state index in [-0.39, 0.29) is 6.29 Å². The molecule has 54 valence electrons. The lowest BCUT2D eigenvalue weighted by Gasteiger charge is -2.25. The van der Waals surface area contributed by atoms with Crippen molar-refractivity contribution in [2.24, 2.45) is 0 Å². The third kappa shape index (κ3) is 2.21. The first-order chi connectivity index (χ1) is 4.30. The van der Waals surface area contributed by atoms with Gasteiger partial charge in [0, 0.05) is 5.66 Å². The van der Waals surface area contributed by atoms with Gasteiger partial charge in [-0.15, -0.1) is 9.24 Å². The summed E-state index contributed by atoms with van der Waals surface area (Å²) in [5.41, 5.74) is 0.408. The molecule has 1 fully saturated rings. The molecule has 0 aromatic heterocycles. The van der Waals surface area contributed by atoms with Gasteiger partial charge >= 0.3 is 0 Å². The van der Waals surface area contributed by atoms with Crippen LogP contribution >= 0.6 is 9.24 Å². The van der Waals surface area contributed by atoms with E-state index in [1.807, 2.05) is 0 Å². The molecule has 0 aliphatic carbocycles. The van der Waals surface area contributed by atoms with Crippen LogP contribution < -0.4 is 0 Å². The molecule has 2 nitrogen and oxygen atoms in total. The molecule has 0 N–H and O–H groups in total. The zero-order valence-electron chi connectivity index (χ0n) is 5.67. The van der Waals surface area contributed by atoms with E-state index < -0.39 is 0 Å². The Balaban J connectivity index is 2.23. The van der Waals surface area contributed by atoms with Crippen LogP contribution in [0.5, 0.6) is 0 Å². The fourth-order valence-corrected chi connectivity index (χ4v) is 1.03. The first-order valence-electron chi connectivity index (χ1n) is 3.29. The highest BCUT2D eigenvalue weighted by Crippen LogP contribution is 2.14. The molecule has 2 atom stereocenters. The third-order valence-electron chi connectivity index (χ3n) is 1.28. The molecule has 1 saturated heterocycles. The van der Waals surface area contributed by atoms with Gasteiger partial charge in [-0.2, -0.15) is 0 Å². The van der Waals surface area contributed by atoms with Gasteiger partial charge in [0.2, 0.25) is 0 Å². The predicted octanol–water partition coefficient (Wildman–Crippen LogP) is 1.01. The van der Waals surface area contributed by atoms with Gasteiger partial charge in [-0.1, -0.05) is 6.92 Å². The van der Waals surface area contributed by atoms with E-state index in [9.17, 15) is 0 Å². The molecular formula is C6H13O2P. The number of hydrogen-bond acceptors (Lipinski definition) is 2. The van der Waals surface area contributed by atoms with Crippen LogP contribution in [0.15, 0.2) is 0 Å². The summed E-state index contributed by atoms with van der Waals surface area (Å²) in [6.45, 7) is 3.77. The Morgan fingerprint density at radius 3 is 2.33 bits per heavy atom. The predicted molar refractivity (Wildman–Crippen MR) is 39.5 cm³/mol. The van der Waals surface area contributed by atoms with E-state index >= 15 is 0 Å². The summed E-state index contributed by atoms with van der Waals surface area (Å²) in [7, 11) is 2.68. The molecule has 2 unspecified atom stereocenters. The molecule has 0 radical (unpaired) electrons. The van der Waals surface area contributed by atoms with E-state index in [1.165, 1.54) is 0 Å². The van der Waals surface area contributed by atoms with Gasteiger partial charge in [-0.05, 0) is 6.42 Å². The highest BCUT2D eigenvalue weighted by atomic mass is 31.0. The maximum absolute atomic E-state index is 5.30. The van der Waals surface area contributed by atoms with Crippen LogP contribution in [0.1, 0.15) is 13.3 Å². The summed E-state index contributed by atoms with van der Waals surface area (Å²) in [6, 6.07) is 0. The summed E-state index contributed by atoms with van der Waals surface area (Å²) in [4.78, 5) is 0. The smallest absolute Gasteiger partial charge is 0.163 e. The quantitative estimate of drug-likeness (QED) is 0.517. The van der Waals surface area contributed by atoms with E-state index in [1.54, 1.807) is 0 Å². The molecule has 0 amide bonds. The lowest BCUT2D eigenvalue weighted by atomic mass is 10.4. The minimum atomic E-state index is 0.0174. The van der Waals surface area contributed by atoms with Gasteiger partial charge in [0.25, 0.3) is 0 Å². The van der Waals surface area contributed by atoms with Gasteiger partial charge < -0.3 is 9.47 Å². The Hall–Kier alpha value is 0.350. The summed E-state index contributed by atoms with van der Waals surface area (Å²) in [5.74, 6) is 0. The van der Waals surface area contributed by atoms with Crippen LogP contribution in [0, 0.1) is 0 Å². The van der Waals surface area contributed by atoms with Crippen molar-refractivity contribution in [1.82, 2.24) is 0 Å². The largest absolute Gasteiger partial charge is 0.352 e.